The molecule has 0 bridgehead atoms. The Balaban J connectivity index is 2.08. The predicted octanol–water partition coefficient (Wildman–Crippen LogP) is 4.23. The number of benzene rings is 2. The van der Waals surface area contributed by atoms with E-state index in [2.05, 4.69) is 88.0 Å². The SMILES string of the molecule is C=C1CS[C@@H]1CO[Si](c1ccccc1)(c1ccccc1)C(C)(C)C. The van der Waals surface area contributed by atoms with Gasteiger partial charge in [0.15, 0.2) is 0 Å². The maximum atomic E-state index is 6.90. The van der Waals surface area contributed by atoms with Gasteiger partial charge in [-0.05, 0) is 15.4 Å². The molecule has 0 saturated carbocycles. The summed E-state index contributed by atoms with van der Waals surface area (Å²) in [6, 6.07) is 21.7. The molecule has 24 heavy (non-hydrogen) atoms. The van der Waals surface area contributed by atoms with Crippen LogP contribution in [0.5, 0.6) is 0 Å². The van der Waals surface area contributed by atoms with Crippen molar-refractivity contribution in [1.29, 1.82) is 0 Å². The Hall–Kier alpha value is -1.29. The van der Waals surface area contributed by atoms with E-state index >= 15 is 0 Å². The highest BCUT2D eigenvalue weighted by Gasteiger charge is 2.50. The van der Waals surface area contributed by atoms with Crippen LogP contribution >= 0.6 is 11.8 Å². The molecule has 1 aliphatic heterocycles. The molecule has 2 aromatic carbocycles. The first-order valence-electron chi connectivity index (χ1n) is 8.49. The Morgan fingerprint density at radius 3 is 1.83 bits per heavy atom. The highest BCUT2D eigenvalue weighted by atomic mass is 32.2. The average molecular weight is 355 g/mol. The minimum atomic E-state index is -2.38. The first kappa shape index (κ1) is 17.5. The zero-order chi connectivity index (χ0) is 17.2. The summed E-state index contributed by atoms with van der Waals surface area (Å²) in [4.78, 5) is 0. The van der Waals surface area contributed by atoms with Crippen LogP contribution in [0.2, 0.25) is 5.04 Å². The van der Waals surface area contributed by atoms with Crippen LogP contribution in [0.4, 0.5) is 0 Å². The Morgan fingerprint density at radius 1 is 1.00 bits per heavy atom. The predicted molar refractivity (Wildman–Crippen MR) is 109 cm³/mol. The van der Waals surface area contributed by atoms with Crippen LogP contribution in [0.25, 0.3) is 0 Å². The second-order valence-corrected chi connectivity index (χ2v) is 12.9. The highest BCUT2D eigenvalue weighted by Crippen LogP contribution is 2.39. The summed E-state index contributed by atoms with van der Waals surface area (Å²) in [7, 11) is -2.38. The van der Waals surface area contributed by atoms with Crippen molar-refractivity contribution in [2.45, 2.75) is 31.1 Å². The van der Waals surface area contributed by atoms with Crippen molar-refractivity contribution in [3.63, 3.8) is 0 Å². The van der Waals surface area contributed by atoms with E-state index in [1.165, 1.54) is 15.9 Å². The lowest BCUT2D eigenvalue weighted by Gasteiger charge is -2.44. The third-order valence-corrected chi connectivity index (χ3v) is 11.2. The Labute approximate surface area is 151 Å². The number of hydrogen-bond acceptors (Lipinski definition) is 2. The Bertz CT molecular complexity index is 651. The van der Waals surface area contributed by atoms with Gasteiger partial charge in [0, 0.05) is 11.0 Å². The molecule has 126 valence electrons. The van der Waals surface area contributed by atoms with Crippen molar-refractivity contribution in [1.82, 2.24) is 0 Å². The van der Waals surface area contributed by atoms with Gasteiger partial charge >= 0.3 is 0 Å². The van der Waals surface area contributed by atoms with Crippen molar-refractivity contribution in [3.8, 4) is 0 Å². The van der Waals surface area contributed by atoms with Gasteiger partial charge in [-0.2, -0.15) is 0 Å². The minimum Gasteiger partial charge on any atom is -0.406 e. The van der Waals surface area contributed by atoms with Crippen molar-refractivity contribution < 1.29 is 4.43 Å². The molecule has 1 aliphatic rings. The van der Waals surface area contributed by atoms with E-state index < -0.39 is 8.32 Å². The first-order chi connectivity index (χ1) is 11.4. The molecule has 0 aromatic heterocycles. The second kappa shape index (κ2) is 6.91. The van der Waals surface area contributed by atoms with Crippen LogP contribution in [0, 0.1) is 0 Å². The third kappa shape index (κ3) is 3.13. The van der Waals surface area contributed by atoms with Gasteiger partial charge in [0.2, 0.25) is 0 Å². The quantitative estimate of drug-likeness (QED) is 0.587. The standard InChI is InChI=1S/C21H26OSSi/c1-17-16-23-20(17)15-22-24(21(2,3)4,18-11-7-5-8-12-18)19-13-9-6-10-14-19/h5-14,20H,1,15-16H2,2-4H3/t20-/m1/s1. The molecule has 1 saturated heterocycles. The monoisotopic (exact) mass is 354 g/mol. The van der Waals surface area contributed by atoms with Crippen LogP contribution < -0.4 is 10.4 Å². The summed E-state index contributed by atoms with van der Waals surface area (Å²) in [6.07, 6.45) is 0. The summed E-state index contributed by atoms with van der Waals surface area (Å²) < 4.78 is 6.90. The third-order valence-electron chi connectivity index (χ3n) is 4.79. The molecule has 3 rings (SSSR count). The van der Waals surface area contributed by atoms with Crippen molar-refractivity contribution >= 4 is 30.5 Å². The normalized spacial score (nSPS) is 18.3. The molecule has 0 amide bonds. The second-order valence-electron chi connectivity index (χ2n) is 7.43. The molecule has 1 atom stereocenters. The summed E-state index contributed by atoms with van der Waals surface area (Å²) in [5, 5.41) is 3.19. The van der Waals surface area contributed by atoms with Gasteiger partial charge in [-0.25, -0.2) is 0 Å². The molecule has 0 aliphatic carbocycles. The van der Waals surface area contributed by atoms with Crippen LogP contribution in [0.3, 0.4) is 0 Å². The van der Waals surface area contributed by atoms with Crippen molar-refractivity contribution in [3.05, 3.63) is 72.8 Å². The largest absolute Gasteiger partial charge is 0.406 e. The van der Waals surface area contributed by atoms with Crippen LogP contribution in [-0.4, -0.2) is 25.9 Å². The van der Waals surface area contributed by atoms with E-state index in [9.17, 15) is 0 Å². The molecule has 0 spiro atoms. The van der Waals surface area contributed by atoms with Gasteiger partial charge in [0.1, 0.15) is 0 Å². The molecule has 0 N–H and O–H groups in total. The maximum Gasteiger partial charge on any atom is 0.261 e. The number of rotatable bonds is 5. The smallest absolute Gasteiger partial charge is 0.261 e. The van der Waals surface area contributed by atoms with E-state index in [4.69, 9.17) is 4.43 Å². The number of hydrogen-bond donors (Lipinski definition) is 0. The Kier molecular flexibility index (Phi) is 5.04. The molecular weight excluding hydrogens is 328 g/mol. The fourth-order valence-electron chi connectivity index (χ4n) is 3.45. The fourth-order valence-corrected chi connectivity index (χ4v) is 8.94. The van der Waals surface area contributed by atoms with E-state index in [-0.39, 0.29) is 5.04 Å². The van der Waals surface area contributed by atoms with Gasteiger partial charge in [-0.15, -0.1) is 11.8 Å². The van der Waals surface area contributed by atoms with E-state index in [1.54, 1.807) is 0 Å². The lowest BCUT2D eigenvalue weighted by Crippen LogP contribution is -2.67. The first-order valence-corrected chi connectivity index (χ1v) is 11.4. The van der Waals surface area contributed by atoms with Crippen molar-refractivity contribution in [2.24, 2.45) is 0 Å². The van der Waals surface area contributed by atoms with Gasteiger partial charge in [0.25, 0.3) is 8.32 Å². The average Bonchev–Trinajstić information content (AvgIpc) is 2.58. The fraction of sp³-hybridized carbons (Fsp3) is 0.333. The van der Waals surface area contributed by atoms with Crippen LogP contribution in [0.15, 0.2) is 72.8 Å². The highest BCUT2D eigenvalue weighted by molar-refractivity contribution is 8.02. The summed E-state index contributed by atoms with van der Waals surface area (Å²) >= 11 is 1.95. The maximum absolute atomic E-state index is 6.90. The molecule has 1 nitrogen and oxygen atoms in total. The molecule has 0 unspecified atom stereocenters. The van der Waals surface area contributed by atoms with Crippen LogP contribution in [-0.2, 0) is 4.43 Å². The zero-order valence-electron chi connectivity index (χ0n) is 14.8. The van der Waals surface area contributed by atoms with E-state index in [0.717, 1.165) is 12.4 Å². The lowest BCUT2D eigenvalue weighted by molar-refractivity contribution is 0.304. The molecule has 1 heterocycles. The van der Waals surface area contributed by atoms with E-state index in [0.29, 0.717) is 5.25 Å². The topological polar surface area (TPSA) is 9.23 Å². The minimum absolute atomic E-state index is 0.0471. The Morgan fingerprint density at radius 2 is 1.50 bits per heavy atom. The zero-order valence-corrected chi connectivity index (χ0v) is 16.6. The molecule has 1 fully saturated rings. The van der Waals surface area contributed by atoms with E-state index in [1.807, 2.05) is 11.8 Å². The molecule has 2 aromatic rings. The van der Waals surface area contributed by atoms with Gasteiger partial charge in [0.05, 0.1) is 6.61 Å². The van der Waals surface area contributed by atoms with Gasteiger partial charge in [-0.1, -0.05) is 93.6 Å². The molecule has 0 radical (unpaired) electrons. The van der Waals surface area contributed by atoms with Crippen LogP contribution in [0.1, 0.15) is 20.8 Å². The molecule has 3 heteroatoms. The van der Waals surface area contributed by atoms with Gasteiger partial charge in [-0.3, -0.25) is 0 Å². The molecular formula is C21H26OSSi. The summed E-state index contributed by atoms with van der Waals surface area (Å²) in [6.45, 7) is 11.9. The summed E-state index contributed by atoms with van der Waals surface area (Å²) in [5.41, 5.74) is 1.32. The number of thioether (sulfide) groups is 1. The lowest BCUT2D eigenvalue weighted by atomic mass is 10.2. The van der Waals surface area contributed by atoms with Crippen molar-refractivity contribution in [2.75, 3.05) is 12.4 Å². The summed E-state index contributed by atoms with van der Waals surface area (Å²) in [5.74, 6) is 1.08. The van der Waals surface area contributed by atoms with Gasteiger partial charge < -0.3 is 4.43 Å².